The minimum absolute atomic E-state index is 0.0269. The van der Waals surface area contributed by atoms with Crippen molar-refractivity contribution in [3.63, 3.8) is 0 Å². The molecule has 142 valence electrons. The number of fused-ring (bicyclic) bond motifs is 1. The van der Waals surface area contributed by atoms with Crippen molar-refractivity contribution in [2.45, 2.75) is 44.7 Å². The lowest BCUT2D eigenvalue weighted by molar-refractivity contribution is 0.210. The second kappa shape index (κ2) is 7.08. The molecular formula is C22H25ClN2O2. The molecule has 4 rings (SSSR count). The van der Waals surface area contributed by atoms with E-state index in [2.05, 4.69) is 12.2 Å². The molecule has 0 saturated heterocycles. The molecule has 1 aliphatic carbocycles. The molecule has 0 aromatic heterocycles. The highest BCUT2D eigenvalue weighted by Gasteiger charge is 2.51. The number of halogens is 1. The van der Waals surface area contributed by atoms with Crippen molar-refractivity contribution in [3.05, 3.63) is 58.6 Å². The SMILES string of the molecule is CCCC1(C2CC2)NC(=O)N(Cc2ccc(OC)cc2)c2ccc(Cl)cc21. The van der Waals surface area contributed by atoms with E-state index in [0.29, 0.717) is 12.5 Å². The van der Waals surface area contributed by atoms with E-state index in [0.717, 1.165) is 53.3 Å². The topological polar surface area (TPSA) is 41.6 Å². The van der Waals surface area contributed by atoms with Crippen LogP contribution in [0.2, 0.25) is 5.02 Å². The first-order valence-corrected chi connectivity index (χ1v) is 9.98. The summed E-state index contributed by atoms with van der Waals surface area (Å²) in [6.45, 7) is 2.68. The van der Waals surface area contributed by atoms with Crippen LogP contribution in [0.25, 0.3) is 0 Å². The Morgan fingerprint density at radius 1 is 1.22 bits per heavy atom. The Morgan fingerprint density at radius 2 is 1.96 bits per heavy atom. The lowest BCUT2D eigenvalue weighted by atomic mass is 9.78. The van der Waals surface area contributed by atoms with Gasteiger partial charge in [-0.15, -0.1) is 0 Å². The second-order valence-corrected chi connectivity index (χ2v) is 7.96. The highest BCUT2D eigenvalue weighted by molar-refractivity contribution is 6.30. The van der Waals surface area contributed by atoms with Gasteiger partial charge in [-0.05, 0) is 61.1 Å². The van der Waals surface area contributed by atoms with E-state index in [1.165, 1.54) is 0 Å². The quantitative estimate of drug-likeness (QED) is 0.716. The van der Waals surface area contributed by atoms with Crippen LogP contribution in [0.5, 0.6) is 5.75 Å². The molecule has 0 spiro atoms. The van der Waals surface area contributed by atoms with Crippen LogP contribution in [0.1, 0.15) is 43.7 Å². The monoisotopic (exact) mass is 384 g/mol. The van der Waals surface area contributed by atoms with Crippen LogP contribution in [-0.4, -0.2) is 13.1 Å². The van der Waals surface area contributed by atoms with Crippen LogP contribution in [-0.2, 0) is 12.1 Å². The molecule has 5 heteroatoms. The van der Waals surface area contributed by atoms with Gasteiger partial charge in [0.05, 0.1) is 24.9 Å². The highest BCUT2D eigenvalue weighted by Crippen LogP contribution is 2.53. The zero-order valence-corrected chi connectivity index (χ0v) is 16.6. The van der Waals surface area contributed by atoms with Crippen LogP contribution in [0.3, 0.4) is 0 Å². The minimum atomic E-state index is -0.289. The molecule has 2 aromatic rings. The second-order valence-electron chi connectivity index (χ2n) is 7.52. The van der Waals surface area contributed by atoms with Crippen molar-refractivity contribution < 1.29 is 9.53 Å². The number of amides is 2. The number of benzene rings is 2. The molecule has 2 amide bonds. The third-order valence-electron chi connectivity index (χ3n) is 5.72. The smallest absolute Gasteiger partial charge is 0.322 e. The number of ether oxygens (including phenoxy) is 1. The summed E-state index contributed by atoms with van der Waals surface area (Å²) in [7, 11) is 1.65. The summed E-state index contributed by atoms with van der Waals surface area (Å²) < 4.78 is 5.23. The molecule has 2 aliphatic rings. The molecule has 1 unspecified atom stereocenters. The van der Waals surface area contributed by atoms with E-state index in [1.807, 2.05) is 47.4 Å². The lowest BCUT2D eigenvalue weighted by Gasteiger charge is -2.44. The Kier molecular flexibility index (Phi) is 4.77. The summed E-state index contributed by atoms with van der Waals surface area (Å²) in [5.41, 5.74) is 2.90. The Labute approximate surface area is 165 Å². The molecule has 0 bridgehead atoms. The maximum absolute atomic E-state index is 13.1. The van der Waals surface area contributed by atoms with Gasteiger partial charge in [0.25, 0.3) is 0 Å². The van der Waals surface area contributed by atoms with Crippen molar-refractivity contribution in [1.29, 1.82) is 0 Å². The van der Waals surface area contributed by atoms with Crippen LogP contribution in [0.15, 0.2) is 42.5 Å². The predicted octanol–water partition coefficient (Wildman–Crippen LogP) is 5.48. The number of nitrogens with one attached hydrogen (secondary N) is 1. The number of carbonyl (C=O) groups excluding carboxylic acids is 1. The zero-order chi connectivity index (χ0) is 19.0. The lowest BCUT2D eigenvalue weighted by Crippen LogP contribution is -2.57. The number of carbonyl (C=O) groups is 1. The molecule has 1 atom stereocenters. The van der Waals surface area contributed by atoms with Gasteiger partial charge < -0.3 is 10.1 Å². The normalized spacial score (nSPS) is 21.6. The number of anilines is 1. The number of hydrogen-bond acceptors (Lipinski definition) is 2. The fourth-order valence-electron chi connectivity index (χ4n) is 4.30. The van der Waals surface area contributed by atoms with Crippen molar-refractivity contribution in [2.75, 3.05) is 12.0 Å². The summed E-state index contributed by atoms with van der Waals surface area (Å²) in [4.78, 5) is 15.0. The van der Waals surface area contributed by atoms with Gasteiger partial charge in [-0.2, -0.15) is 0 Å². The first-order chi connectivity index (χ1) is 13.1. The standard InChI is InChI=1S/C22H25ClN2O2/c1-3-12-22(16-6-7-16)19-13-17(23)8-11-20(19)25(21(26)24-22)14-15-4-9-18(27-2)10-5-15/h4-5,8-11,13,16H,3,6-7,12,14H2,1-2H3,(H,24,26). The van der Waals surface area contributed by atoms with Gasteiger partial charge in [0, 0.05) is 10.6 Å². The van der Waals surface area contributed by atoms with Gasteiger partial charge in [0.1, 0.15) is 5.75 Å². The Bertz CT molecular complexity index is 848. The highest BCUT2D eigenvalue weighted by atomic mass is 35.5. The van der Waals surface area contributed by atoms with E-state index in [1.54, 1.807) is 7.11 Å². The van der Waals surface area contributed by atoms with Gasteiger partial charge in [0.2, 0.25) is 0 Å². The minimum Gasteiger partial charge on any atom is -0.497 e. The molecule has 27 heavy (non-hydrogen) atoms. The average molecular weight is 385 g/mol. The third kappa shape index (κ3) is 3.27. The first kappa shape index (κ1) is 18.2. The fourth-order valence-corrected chi connectivity index (χ4v) is 4.47. The third-order valence-corrected chi connectivity index (χ3v) is 5.96. The van der Waals surface area contributed by atoms with Gasteiger partial charge in [-0.25, -0.2) is 4.79 Å². The average Bonchev–Trinajstić information content (AvgIpc) is 3.51. The summed E-state index contributed by atoms with van der Waals surface area (Å²) >= 11 is 6.36. The Morgan fingerprint density at radius 3 is 2.59 bits per heavy atom. The summed E-state index contributed by atoms with van der Waals surface area (Å²) in [6.07, 6.45) is 4.27. The van der Waals surface area contributed by atoms with Crippen LogP contribution >= 0.6 is 11.6 Å². The van der Waals surface area contributed by atoms with Gasteiger partial charge in [-0.3, -0.25) is 4.90 Å². The Hall–Kier alpha value is -2.20. The molecule has 1 N–H and O–H groups in total. The molecule has 0 radical (unpaired) electrons. The zero-order valence-electron chi connectivity index (χ0n) is 15.8. The maximum Gasteiger partial charge on any atom is 0.322 e. The van der Waals surface area contributed by atoms with E-state index in [4.69, 9.17) is 16.3 Å². The van der Waals surface area contributed by atoms with Crippen LogP contribution < -0.4 is 15.0 Å². The summed E-state index contributed by atoms with van der Waals surface area (Å²) in [6, 6.07) is 13.7. The van der Waals surface area contributed by atoms with Crippen molar-refractivity contribution in [2.24, 2.45) is 5.92 Å². The first-order valence-electron chi connectivity index (χ1n) is 9.60. The molecular weight excluding hydrogens is 360 g/mol. The molecule has 1 fully saturated rings. The summed E-state index contributed by atoms with van der Waals surface area (Å²) in [5.74, 6) is 1.31. The molecule has 1 saturated carbocycles. The van der Waals surface area contributed by atoms with E-state index in [-0.39, 0.29) is 11.6 Å². The Balaban J connectivity index is 1.73. The van der Waals surface area contributed by atoms with E-state index < -0.39 is 0 Å². The van der Waals surface area contributed by atoms with E-state index >= 15 is 0 Å². The maximum atomic E-state index is 13.1. The predicted molar refractivity (Wildman–Crippen MR) is 108 cm³/mol. The van der Waals surface area contributed by atoms with Crippen LogP contribution in [0.4, 0.5) is 10.5 Å². The molecule has 2 aromatic carbocycles. The van der Waals surface area contributed by atoms with Gasteiger partial charge in [0.15, 0.2) is 0 Å². The van der Waals surface area contributed by atoms with Crippen molar-refractivity contribution in [3.8, 4) is 5.75 Å². The van der Waals surface area contributed by atoms with E-state index in [9.17, 15) is 4.79 Å². The molecule has 1 aliphatic heterocycles. The fraction of sp³-hybridized carbons (Fsp3) is 0.409. The number of hydrogen-bond donors (Lipinski definition) is 1. The number of urea groups is 1. The van der Waals surface area contributed by atoms with Crippen molar-refractivity contribution in [1.82, 2.24) is 5.32 Å². The van der Waals surface area contributed by atoms with Crippen LogP contribution in [0, 0.1) is 5.92 Å². The molecule has 4 nitrogen and oxygen atoms in total. The summed E-state index contributed by atoms with van der Waals surface area (Å²) in [5, 5.41) is 4.09. The largest absolute Gasteiger partial charge is 0.497 e. The van der Waals surface area contributed by atoms with Crippen molar-refractivity contribution >= 4 is 23.3 Å². The molecule has 1 heterocycles. The number of nitrogens with zero attached hydrogens (tertiary/aromatic N) is 1. The van der Waals surface area contributed by atoms with Gasteiger partial charge in [-0.1, -0.05) is 37.1 Å². The number of rotatable bonds is 6. The van der Waals surface area contributed by atoms with Gasteiger partial charge >= 0.3 is 6.03 Å². The number of methoxy groups -OCH3 is 1.